The molecule has 1 aliphatic heterocycles. The number of carbonyl (C=O) groups is 1. The molecule has 0 aromatic heterocycles. The van der Waals surface area contributed by atoms with Crippen LogP contribution in [0.3, 0.4) is 0 Å². The summed E-state index contributed by atoms with van der Waals surface area (Å²) >= 11 is 0. The number of amides is 1. The standard InChI is InChI=1S/C20H33N3O2/c1-8-16(24)23-12-21-11-22-18(23)13-9-14(19(2,3)4)17(25)15(10-13)20(5,6)7/h9-10,18,21-22,25H,8,11-12H2,1-7H3. The maximum Gasteiger partial charge on any atom is 0.224 e. The third-order valence-corrected chi connectivity index (χ3v) is 4.70. The third-order valence-electron chi connectivity index (χ3n) is 4.70. The second-order valence-corrected chi connectivity index (χ2v) is 8.87. The molecule has 5 nitrogen and oxygen atoms in total. The Morgan fingerprint density at radius 1 is 1.16 bits per heavy atom. The van der Waals surface area contributed by atoms with Gasteiger partial charge < -0.3 is 10.0 Å². The predicted molar refractivity (Wildman–Crippen MR) is 101 cm³/mol. The molecule has 0 aliphatic carbocycles. The zero-order valence-corrected chi connectivity index (χ0v) is 16.7. The topological polar surface area (TPSA) is 64.6 Å². The van der Waals surface area contributed by atoms with Crippen molar-refractivity contribution < 1.29 is 9.90 Å². The summed E-state index contributed by atoms with van der Waals surface area (Å²) in [5.74, 6) is 0.471. The van der Waals surface area contributed by atoms with Crippen LogP contribution in [-0.2, 0) is 15.6 Å². The van der Waals surface area contributed by atoms with Gasteiger partial charge in [0.2, 0.25) is 5.91 Å². The van der Waals surface area contributed by atoms with Gasteiger partial charge in [-0.15, -0.1) is 0 Å². The van der Waals surface area contributed by atoms with E-state index in [1.807, 2.05) is 24.0 Å². The number of carbonyl (C=O) groups excluding carboxylic acids is 1. The minimum absolute atomic E-state index is 0.104. The van der Waals surface area contributed by atoms with Crippen molar-refractivity contribution in [1.82, 2.24) is 15.5 Å². The summed E-state index contributed by atoms with van der Waals surface area (Å²) in [6.45, 7) is 15.7. The van der Waals surface area contributed by atoms with Gasteiger partial charge in [-0.3, -0.25) is 15.4 Å². The fraction of sp³-hybridized carbons (Fsp3) is 0.650. The van der Waals surface area contributed by atoms with E-state index >= 15 is 0 Å². The van der Waals surface area contributed by atoms with E-state index in [1.54, 1.807) is 0 Å². The molecule has 0 spiro atoms. The Balaban J connectivity index is 2.62. The van der Waals surface area contributed by atoms with Gasteiger partial charge in [-0.1, -0.05) is 48.5 Å². The highest BCUT2D eigenvalue weighted by molar-refractivity contribution is 5.76. The maximum atomic E-state index is 12.4. The lowest BCUT2D eigenvalue weighted by molar-refractivity contribution is -0.136. The number of aromatic hydroxyl groups is 1. The number of rotatable bonds is 2. The van der Waals surface area contributed by atoms with Crippen LogP contribution in [0.4, 0.5) is 0 Å². The Kier molecular flexibility index (Phi) is 5.50. The minimum Gasteiger partial charge on any atom is -0.507 e. The van der Waals surface area contributed by atoms with E-state index in [9.17, 15) is 9.90 Å². The van der Waals surface area contributed by atoms with E-state index in [4.69, 9.17) is 0 Å². The summed E-state index contributed by atoms with van der Waals surface area (Å²) in [5.41, 5.74) is 2.48. The van der Waals surface area contributed by atoms with E-state index in [-0.39, 0.29) is 22.9 Å². The molecule has 1 fully saturated rings. The summed E-state index contributed by atoms with van der Waals surface area (Å²) in [4.78, 5) is 14.2. The van der Waals surface area contributed by atoms with E-state index in [1.165, 1.54) is 0 Å². The fourth-order valence-electron chi connectivity index (χ4n) is 3.24. The molecule has 25 heavy (non-hydrogen) atoms. The zero-order valence-electron chi connectivity index (χ0n) is 16.7. The number of phenols is 1. The molecule has 1 heterocycles. The summed E-state index contributed by atoms with van der Waals surface area (Å²) in [7, 11) is 0. The fourth-order valence-corrected chi connectivity index (χ4v) is 3.24. The SMILES string of the molecule is CCC(=O)N1CNCNC1c1cc(C(C)(C)C)c(O)c(C(C)(C)C)c1. The summed E-state index contributed by atoms with van der Waals surface area (Å²) < 4.78 is 0. The Bertz CT molecular complexity index is 606. The zero-order chi connectivity index (χ0) is 19.0. The first kappa shape index (κ1) is 19.7. The van der Waals surface area contributed by atoms with E-state index in [2.05, 4.69) is 52.2 Å². The molecule has 0 radical (unpaired) electrons. The maximum absolute atomic E-state index is 12.4. The summed E-state index contributed by atoms with van der Waals surface area (Å²) in [6, 6.07) is 4.09. The molecule has 3 N–H and O–H groups in total. The number of benzene rings is 1. The van der Waals surface area contributed by atoms with Crippen LogP contribution in [0.1, 0.15) is 77.7 Å². The molecule has 5 heteroatoms. The van der Waals surface area contributed by atoms with Crippen LogP contribution >= 0.6 is 0 Å². The van der Waals surface area contributed by atoms with Crippen molar-refractivity contribution in [2.24, 2.45) is 0 Å². The molecule has 1 amide bonds. The van der Waals surface area contributed by atoms with Gasteiger partial charge in [0.05, 0.1) is 6.67 Å². The highest BCUT2D eigenvalue weighted by Gasteiger charge is 2.31. The number of hydrogen-bond acceptors (Lipinski definition) is 4. The number of phenolic OH excluding ortho intramolecular Hbond substituents is 1. The summed E-state index contributed by atoms with van der Waals surface area (Å²) in [6.07, 6.45) is 0.285. The van der Waals surface area contributed by atoms with Gasteiger partial charge >= 0.3 is 0 Å². The Labute approximate surface area is 151 Å². The second-order valence-electron chi connectivity index (χ2n) is 8.87. The lowest BCUT2D eigenvalue weighted by Gasteiger charge is -2.38. The smallest absolute Gasteiger partial charge is 0.224 e. The molecule has 1 atom stereocenters. The van der Waals surface area contributed by atoms with Crippen LogP contribution in [0.5, 0.6) is 5.75 Å². The monoisotopic (exact) mass is 347 g/mol. The van der Waals surface area contributed by atoms with Gasteiger partial charge in [-0.2, -0.15) is 0 Å². The predicted octanol–water partition coefficient (Wildman–Crippen LogP) is 3.33. The van der Waals surface area contributed by atoms with Crippen molar-refractivity contribution in [1.29, 1.82) is 0 Å². The van der Waals surface area contributed by atoms with Crippen molar-refractivity contribution in [3.05, 3.63) is 28.8 Å². The minimum atomic E-state index is -0.188. The van der Waals surface area contributed by atoms with E-state index in [0.29, 0.717) is 25.5 Å². The number of hydrogen-bond donors (Lipinski definition) is 3. The van der Waals surface area contributed by atoms with E-state index in [0.717, 1.165) is 16.7 Å². The first-order valence-corrected chi connectivity index (χ1v) is 9.08. The van der Waals surface area contributed by atoms with Crippen LogP contribution < -0.4 is 10.6 Å². The second kappa shape index (κ2) is 6.96. The molecular formula is C20H33N3O2. The van der Waals surface area contributed by atoms with Crippen LogP contribution in [0.15, 0.2) is 12.1 Å². The van der Waals surface area contributed by atoms with Gasteiger partial charge in [0.15, 0.2) is 0 Å². The molecule has 1 aromatic rings. The Morgan fingerprint density at radius 3 is 2.12 bits per heavy atom. The first-order valence-electron chi connectivity index (χ1n) is 9.08. The van der Waals surface area contributed by atoms with Crippen molar-refractivity contribution in [2.75, 3.05) is 13.3 Å². The van der Waals surface area contributed by atoms with E-state index < -0.39 is 0 Å². The molecule has 0 bridgehead atoms. The molecule has 1 aliphatic rings. The van der Waals surface area contributed by atoms with Gasteiger partial charge in [0, 0.05) is 13.1 Å². The van der Waals surface area contributed by atoms with Gasteiger partial charge in [0.1, 0.15) is 11.9 Å². The largest absolute Gasteiger partial charge is 0.507 e. The Hall–Kier alpha value is -1.59. The van der Waals surface area contributed by atoms with Crippen molar-refractivity contribution in [3.63, 3.8) is 0 Å². The van der Waals surface area contributed by atoms with Gasteiger partial charge in [0.25, 0.3) is 0 Å². The quantitative estimate of drug-likeness (QED) is 0.768. The average Bonchev–Trinajstić information content (AvgIpc) is 2.52. The molecule has 1 aromatic carbocycles. The average molecular weight is 348 g/mol. The van der Waals surface area contributed by atoms with Gasteiger partial charge in [-0.05, 0) is 39.7 Å². The molecule has 0 saturated carbocycles. The van der Waals surface area contributed by atoms with Crippen LogP contribution in [0, 0.1) is 0 Å². The van der Waals surface area contributed by atoms with Crippen molar-refractivity contribution in [3.8, 4) is 5.75 Å². The normalized spacial score (nSPS) is 19.2. The van der Waals surface area contributed by atoms with Crippen molar-refractivity contribution >= 4 is 5.91 Å². The third kappa shape index (κ3) is 4.15. The molecule has 140 valence electrons. The molecule has 2 rings (SSSR count). The molecule has 1 saturated heterocycles. The number of nitrogens with one attached hydrogen (secondary N) is 2. The lowest BCUT2D eigenvalue weighted by atomic mass is 9.78. The first-order chi connectivity index (χ1) is 11.5. The van der Waals surface area contributed by atoms with Crippen molar-refractivity contribution in [2.45, 2.75) is 71.9 Å². The highest BCUT2D eigenvalue weighted by atomic mass is 16.3. The van der Waals surface area contributed by atoms with Gasteiger partial charge in [-0.25, -0.2) is 0 Å². The van der Waals surface area contributed by atoms with Crippen LogP contribution in [0.2, 0.25) is 0 Å². The Morgan fingerprint density at radius 2 is 1.68 bits per heavy atom. The van der Waals surface area contributed by atoms with Crippen LogP contribution in [0.25, 0.3) is 0 Å². The summed E-state index contributed by atoms with van der Waals surface area (Å²) in [5, 5.41) is 17.5. The highest BCUT2D eigenvalue weighted by Crippen LogP contribution is 2.41. The van der Waals surface area contributed by atoms with Crippen LogP contribution in [-0.4, -0.2) is 29.3 Å². The molecule has 1 unspecified atom stereocenters. The molecular weight excluding hydrogens is 314 g/mol. The lowest BCUT2D eigenvalue weighted by Crippen LogP contribution is -2.54. The number of nitrogens with zero attached hydrogens (tertiary/aromatic N) is 1.